The molecule has 9 heteroatoms. The molecule has 0 saturated carbocycles. The zero-order chi connectivity index (χ0) is 30.8. The lowest BCUT2D eigenvalue weighted by atomic mass is 9.95. The summed E-state index contributed by atoms with van der Waals surface area (Å²) in [5.41, 5.74) is 3.16. The molecule has 6 heterocycles. The quantitative estimate of drug-likeness (QED) is 0.360. The molecule has 0 spiro atoms. The number of amides is 1. The summed E-state index contributed by atoms with van der Waals surface area (Å²) in [7, 11) is 0. The van der Waals surface area contributed by atoms with Crippen molar-refractivity contribution in [1.82, 2.24) is 19.8 Å². The van der Waals surface area contributed by atoms with Crippen LogP contribution in [0.2, 0.25) is 0 Å². The first-order chi connectivity index (χ1) is 21.8. The zero-order valence-corrected chi connectivity index (χ0v) is 27.0. The highest BCUT2D eigenvalue weighted by atomic mass is 16.6. The molecular weight excluding hydrogens is 564 g/mol. The second-order valence-corrected chi connectivity index (χ2v) is 14.8. The third-order valence-corrected chi connectivity index (χ3v) is 10.8. The predicted octanol–water partition coefficient (Wildman–Crippen LogP) is 5.79. The molecule has 2 unspecified atom stereocenters. The highest BCUT2D eigenvalue weighted by Gasteiger charge is 2.47. The van der Waals surface area contributed by atoms with Crippen molar-refractivity contribution in [3.8, 4) is 6.01 Å². The Kier molecular flexibility index (Phi) is 7.08. The summed E-state index contributed by atoms with van der Waals surface area (Å²) in [4.78, 5) is 33.0. The van der Waals surface area contributed by atoms with Crippen LogP contribution in [-0.2, 0) is 17.7 Å². The Bertz CT molecular complexity index is 1570. The van der Waals surface area contributed by atoms with E-state index in [1.165, 1.54) is 60.8 Å². The lowest BCUT2D eigenvalue weighted by molar-refractivity contribution is 0.0122. The molecule has 3 aromatic rings. The van der Waals surface area contributed by atoms with Crippen molar-refractivity contribution in [3.63, 3.8) is 0 Å². The lowest BCUT2D eigenvalue weighted by Crippen LogP contribution is -2.57. The van der Waals surface area contributed by atoms with E-state index in [0.717, 1.165) is 57.0 Å². The number of benzene rings is 2. The summed E-state index contributed by atoms with van der Waals surface area (Å²) in [6.45, 7) is 11.9. The molecule has 0 N–H and O–H groups in total. The lowest BCUT2D eigenvalue weighted by Gasteiger charge is -2.43. The first-order valence-corrected chi connectivity index (χ1v) is 17.0. The Morgan fingerprint density at radius 3 is 2.42 bits per heavy atom. The van der Waals surface area contributed by atoms with Crippen molar-refractivity contribution in [1.29, 1.82) is 0 Å². The number of rotatable bonds is 5. The van der Waals surface area contributed by atoms with Crippen LogP contribution in [0.25, 0.3) is 10.8 Å². The summed E-state index contributed by atoms with van der Waals surface area (Å²) in [5, 5.41) is 2.52. The zero-order valence-electron chi connectivity index (χ0n) is 27.0. The van der Waals surface area contributed by atoms with Gasteiger partial charge in [-0.15, -0.1) is 0 Å². The topological polar surface area (TPSA) is 74.3 Å². The molecule has 2 aromatic carbocycles. The predicted molar refractivity (Wildman–Crippen MR) is 176 cm³/mol. The third kappa shape index (κ3) is 5.27. The first kappa shape index (κ1) is 28.9. The van der Waals surface area contributed by atoms with E-state index in [9.17, 15) is 4.79 Å². The van der Waals surface area contributed by atoms with E-state index in [1.54, 1.807) is 0 Å². The molecule has 1 amide bonds. The molecule has 4 fully saturated rings. The van der Waals surface area contributed by atoms with Gasteiger partial charge in [-0.3, -0.25) is 9.80 Å². The van der Waals surface area contributed by atoms with E-state index < -0.39 is 5.60 Å². The minimum atomic E-state index is -0.505. The van der Waals surface area contributed by atoms with Gasteiger partial charge in [-0.1, -0.05) is 36.4 Å². The standard InChI is InChI=1S/C36H46N6O3/c1-35(2,3)45-34(43)42-26-13-14-27(42)22-40(21-26)32-29-15-20-39(31-12-6-10-25-9-4-5-11-28(25)31)23-30(29)37-33(38-32)44-24-36-16-7-18-41(36)19-8-17-36/h4-6,9-12,26-27H,7-8,13-24H2,1-3H3. The molecule has 2 bridgehead atoms. The molecular formula is C36H46N6O3. The number of ether oxygens (including phenoxy) is 2. The summed E-state index contributed by atoms with van der Waals surface area (Å²) in [5.74, 6) is 1.00. The number of nitrogens with zero attached hydrogens (tertiary/aromatic N) is 6. The molecule has 4 saturated heterocycles. The van der Waals surface area contributed by atoms with E-state index in [0.29, 0.717) is 12.6 Å². The molecule has 9 nitrogen and oxygen atoms in total. The summed E-state index contributed by atoms with van der Waals surface area (Å²) >= 11 is 0. The Morgan fingerprint density at radius 2 is 1.67 bits per heavy atom. The van der Waals surface area contributed by atoms with Gasteiger partial charge >= 0.3 is 12.1 Å². The molecule has 45 heavy (non-hydrogen) atoms. The smallest absolute Gasteiger partial charge is 0.410 e. The van der Waals surface area contributed by atoms with Crippen molar-refractivity contribution in [3.05, 3.63) is 53.7 Å². The largest absolute Gasteiger partial charge is 0.461 e. The van der Waals surface area contributed by atoms with Crippen LogP contribution >= 0.6 is 0 Å². The fourth-order valence-corrected chi connectivity index (χ4v) is 8.75. The van der Waals surface area contributed by atoms with Crippen LogP contribution < -0.4 is 14.5 Å². The summed E-state index contributed by atoms with van der Waals surface area (Å²) < 4.78 is 12.4. The average molecular weight is 611 g/mol. The van der Waals surface area contributed by atoms with Crippen LogP contribution in [0.5, 0.6) is 6.01 Å². The Hall–Kier alpha value is -3.59. The van der Waals surface area contributed by atoms with Gasteiger partial charge in [0.15, 0.2) is 0 Å². The fourth-order valence-electron chi connectivity index (χ4n) is 8.75. The Balaban J connectivity index is 1.11. The van der Waals surface area contributed by atoms with Crippen molar-refractivity contribution in [2.45, 2.75) is 95.5 Å². The van der Waals surface area contributed by atoms with Crippen molar-refractivity contribution >= 4 is 28.4 Å². The van der Waals surface area contributed by atoms with Crippen LogP contribution in [0.1, 0.15) is 70.6 Å². The molecule has 5 aliphatic rings. The number of piperazine rings is 1. The molecule has 0 radical (unpaired) electrons. The van der Waals surface area contributed by atoms with Gasteiger partial charge in [-0.25, -0.2) is 4.79 Å². The summed E-state index contributed by atoms with van der Waals surface area (Å²) in [6.07, 6.45) is 7.52. The molecule has 5 aliphatic heterocycles. The average Bonchev–Trinajstić information content (AvgIpc) is 3.69. The minimum absolute atomic E-state index is 0.119. The van der Waals surface area contributed by atoms with Crippen LogP contribution in [0.15, 0.2) is 42.5 Å². The molecule has 0 aliphatic carbocycles. The number of fused-ring (bicyclic) bond motifs is 5. The van der Waals surface area contributed by atoms with E-state index in [2.05, 4.69) is 57.2 Å². The van der Waals surface area contributed by atoms with Gasteiger partial charge in [0.1, 0.15) is 18.0 Å². The van der Waals surface area contributed by atoms with Gasteiger partial charge in [0, 0.05) is 36.3 Å². The number of aromatic nitrogens is 2. The number of hydrogen-bond donors (Lipinski definition) is 0. The highest BCUT2D eigenvalue weighted by molar-refractivity contribution is 5.94. The maximum absolute atomic E-state index is 13.2. The Morgan fingerprint density at radius 1 is 0.933 bits per heavy atom. The third-order valence-electron chi connectivity index (χ3n) is 10.8. The maximum atomic E-state index is 13.2. The molecule has 238 valence electrons. The van der Waals surface area contributed by atoms with E-state index in [-0.39, 0.29) is 23.7 Å². The number of carbonyl (C=O) groups excluding carboxylic acids is 1. The van der Waals surface area contributed by atoms with Crippen molar-refractivity contribution in [2.24, 2.45) is 0 Å². The van der Waals surface area contributed by atoms with Gasteiger partial charge < -0.3 is 19.3 Å². The van der Waals surface area contributed by atoms with E-state index in [4.69, 9.17) is 19.4 Å². The minimum Gasteiger partial charge on any atom is -0.461 e. The number of hydrogen-bond acceptors (Lipinski definition) is 8. The van der Waals surface area contributed by atoms with Gasteiger partial charge in [-0.2, -0.15) is 9.97 Å². The van der Waals surface area contributed by atoms with Gasteiger partial charge in [-0.05, 0) is 90.3 Å². The molecule has 2 atom stereocenters. The number of carbonyl (C=O) groups is 1. The highest BCUT2D eigenvalue weighted by Crippen LogP contribution is 2.41. The van der Waals surface area contributed by atoms with Gasteiger partial charge in [0.2, 0.25) is 0 Å². The first-order valence-electron chi connectivity index (χ1n) is 17.0. The number of anilines is 2. The molecule has 1 aromatic heterocycles. The Labute approximate surface area is 266 Å². The normalized spacial score (nSPS) is 24.2. The second-order valence-electron chi connectivity index (χ2n) is 14.8. The van der Waals surface area contributed by atoms with Crippen LogP contribution in [0.4, 0.5) is 16.3 Å². The van der Waals surface area contributed by atoms with Crippen molar-refractivity contribution in [2.75, 3.05) is 49.1 Å². The monoisotopic (exact) mass is 610 g/mol. The molecule has 8 rings (SSSR count). The van der Waals surface area contributed by atoms with Gasteiger partial charge in [0.25, 0.3) is 0 Å². The second kappa shape index (κ2) is 11.0. The SMILES string of the molecule is CC(C)(C)OC(=O)N1C2CCC1CN(c1nc(OCC34CCCN3CCC4)nc3c1CCN(c1cccc4ccccc14)C3)C2. The summed E-state index contributed by atoms with van der Waals surface area (Å²) in [6, 6.07) is 15.9. The fraction of sp³-hybridized carbons (Fsp3) is 0.583. The van der Waals surface area contributed by atoms with Gasteiger partial charge in [0.05, 0.1) is 29.9 Å². The van der Waals surface area contributed by atoms with E-state index >= 15 is 0 Å². The van der Waals surface area contributed by atoms with E-state index in [1.807, 2.05) is 25.7 Å². The van der Waals surface area contributed by atoms with Crippen LogP contribution in [0, 0.1) is 0 Å². The van der Waals surface area contributed by atoms with Crippen LogP contribution in [-0.4, -0.2) is 88.4 Å². The maximum Gasteiger partial charge on any atom is 0.410 e. The van der Waals surface area contributed by atoms with Crippen LogP contribution in [0.3, 0.4) is 0 Å². The van der Waals surface area contributed by atoms with Crippen molar-refractivity contribution < 1.29 is 14.3 Å².